The average Bonchev–Trinajstić information content (AvgIpc) is 3.34. The summed E-state index contributed by atoms with van der Waals surface area (Å²) in [5, 5.41) is 7.12. The standard InChI is InChI=1S/C22H23ClN4O2S/c1-4-29-15-10-20(30-12-15)18-11-21(26-13-25-18)24-7-8-27-14(2)9-16-19(28-3)6-5-17(23)22(16)27/h5-6,9-13H,4,7-8H2,1-3H3,(H,24,25,26). The van der Waals surface area contributed by atoms with Crippen LogP contribution in [0.5, 0.6) is 11.5 Å². The largest absolute Gasteiger partial charge is 0.496 e. The molecule has 0 radical (unpaired) electrons. The molecule has 0 aliphatic rings. The lowest BCUT2D eigenvalue weighted by Gasteiger charge is -2.12. The molecule has 3 aromatic heterocycles. The number of aromatic nitrogens is 3. The molecular formula is C22H23ClN4O2S. The molecule has 30 heavy (non-hydrogen) atoms. The van der Waals surface area contributed by atoms with Gasteiger partial charge < -0.3 is 19.4 Å². The average molecular weight is 443 g/mol. The Bertz CT molecular complexity index is 1170. The highest BCUT2D eigenvalue weighted by molar-refractivity contribution is 7.13. The molecule has 0 atom stereocenters. The Kier molecular flexibility index (Phi) is 6.11. The van der Waals surface area contributed by atoms with Crippen LogP contribution in [-0.2, 0) is 6.54 Å². The third-order valence-corrected chi connectivity index (χ3v) is 6.08. The van der Waals surface area contributed by atoms with Gasteiger partial charge in [-0.25, -0.2) is 9.97 Å². The summed E-state index contributed by atoms with van der Waals surface area (Å²) in [5.41, 5.74) is 2.99. The van der Waals surface area contributed by atoms with E-state index in [0.717, 1.165) is 51.0 Å². The van der Waals surface area contributed by atoms with Gasteiger partial charge in [-0.3, -0.25) is 0 Å². The van der Waals surface area contributed by atoms with Crippen LogP contribution in [0.2, 0.25) is 5.02 Å². The number of fused-ring (bicyclic) bond motifs is 1. The quantitative estimate of drug-likeness (QED) is 0.382. The van der Waals surface area contributed by atoms with Crippen LogP contribution in [0.15, 0.2) is 42.0 Å². The minimum absolute atomic E-state index is 0.649. The molecule has 0 spiro atoms. The highest BCUT2D eigenvalue weighted by Crippen LogP contribution is 2.34. The number of rotatable bonds is 8. The lowest BCUT2D eigenvalue weighted by molar-refractivity contribution is 0.342. The van der Waals surface area contributed by atoms with E-state index in [1.54, 1.807) is 24.8 Å². The van der Waals surface area contributed by atoms with Crippen molar-refractivity contribution in [1.82, 2.24) is 14.5 Å². The van der Waals surface area contributed by atoms with Crippen LogP contribution in [0.4, 0.5) is 5.82 Å². The van der Waals surface area contributed by atoms with E-state index in [-0.39, 0.29) is 0 Å². The van der Waals surface area contributed by atoms with Crippen LogP contribution in [0.25, 0.3) is 21.5 Å². The third-order valence-electron chi connectivity index (χ3n) is 4.84. The molecule has 0 aliphatic carbocycles. The van der Waals surface area contributed by atoms with Gasteiger partial charge in [0.1, 0.15) is 23.6 Å². The molecule has 3 heterocycles. The maximum absolute atomic E-state index is 6.49. The van der Waals surface area contributed by atoms with Crippen molar-refractivity contribution in [3.63, 3.8) is 0 Å². The summed E-state index contributed by atoms with van der Waals surface area (Å²) in [6.07, 6.45) is 1.58. The number of nitrogens with one attached hydrogen (secondary N) is 1. The number of halogens is 1. The van der Waals surface area contributed by atoms with E-state index in [1.165, 1.54) is 0 Å². The summed E-state index contributed by atoms with van der Waals surface area (Å²) in [6, 6.07) is 9.84. The molecule has 0 bridgehead atoms. The number of thiophene rings is 1. The molecule has 0 fully saturated rings. The Morgan fingerprint density at radius 3 is 2.87 bits per heavy atom. The van der Waals surface area contributed by atoms with Gasteiger partial charge in [0.15, 0.2) is 0 Å². The first-order chi connectivity index (χ1) is 14.6. The van der Waals surface area contributed by atoms with Gasteiger partial charge in [-0.05, 0) is 32.0 Å². The van der Waals surface area contributed by atoms with E-state index in [0.29, 0.717) is 18.2 Å². The van der Waals surface area contributed by atoms with Gasteiger partial charge in [-0.2, -0.15) is 0 Å². The normalized spacial score (nSPS) is 11.1. The van der Waals surface area contributed by atoms with Crippen LogP contribution >= 0.6 is 22.9 Å². The predicted octanol–water partition coefficient (Wildman–Crippen LogP) is 5.64. The van der Waals surface area contributed by atoms with Crippen LogP contribution in [-0.4, -0.2) is 34.8 Å². The molecule has 0 unspecified atom stereocenters. The van der Waals surface area contributed by atoms with E-state index < -0.39 is 0 Å². The monoisotopic (exact) mass is 442 g/mol. The number of ether oxygens (including phenoxy) is 2. The summed E-state index contributed by atoms with van der Waals surface area (Å²) < 4.78 is 13.2. The summed E-state index contributed by atoms with van der Waals surface area (Å²) in [5.74, 6) is 2.48. The molecule has 0 aliphatic heterocycles. The molecule has 0 amide bonds. The lowest BCUT2D eigenvalue weighted by atomic mass is 10.2. The second-order valence-electron chi connectivity index (χ2n) is 6.74. The number of hydrogen-bond acceptors (Lipinski definition) is 6. The van der Waals surface area contributed by atoms with Gasteiger partial charge in [-0.1, -0.05) is 11.6 Å². The third kappa shape index (κ3) is 4.08. The highest BCUT2D eigenvalue weighted by atomic mass is 35.5. The summed E-state index contributed by atoms with van der Waals surface area (Å²) in [4.78, 5) is 9.80. The van der Waals surface area contributed by atoms with Crippen molar-refractivity contribution in [3.05, 3.63) is 52.8 Å². The van der Waals surface area contributed by atoms with Gasteiger partial charge in [0.05, 0.1) is 34.8 Å². The molecule has 4 rings (SSSR count). The van der Waals surface area contributed by atoms with E-state index in [2.05, 4.69) is 32.8 Å². The maximum Gasteiger partial charge on any atom is 0.130 e. The van der Waals surface area contributed by atoms with Crippen LogP contribution in [0, 0.1) is 6.92 Å². The van der Waals surface area contributed by atoms with Gasteiger partial charge in [-0.15, -0.1) is 11.3 Å². The number of benzene rings is 1. The summed E-state index contributed by atoms with van der Waals surface area (Å²) in [7, 11) is 1.68. The Morgan fingerprint density at radius 2 is 2.07 bits per heavy atom. The molecule has 1 aromatic carbocycles. The second kappa shape index (κ2) is 8.93. The van der Waals surface area contributed by atoms with Gasteiger partial charge in [0.25, 0.3) is 0 Å². The second-order valence-corrected chi connectivity index (χ2v) is 8.06. The van der Waals surface area contributed by atoms with E-state index >= 15 is 0 Å². The number of methoxy groups -OCH3 is 1. The number of anilines is 1. The first kappa shape index (κ1) is 20.5. The molecule has 0 saturated carbocycles. The van der Waals surface area contributed by atoms with Crippen molar-refractivity contribution in [2.24, 2.45) is 0 Å². The first-order valence-corrected chi connectivity index (χ1v) is 11.0. The zero-order valence-corrected chi connectivity index (χ0v) is 18.7. The lowest BCUT2D eigenvalue weighted by Crippen LogP contribution is -2.12. The highest BCUT2D eigenvalue weighted by Gasteiger charge is 2.13. The van der Waals surface area contributed by atoms with Gasteiger partial charge in [0.2, 0.25) is 0 Å². The predicted molar refractivity (Wildman–Crippen MR) is 123 cm³/mol. The SMILES string of the molecule is CCOc1csc(-c2cc(NCCn3c(C)cc4c(OC)ccc(Cl)c43)ncn2)c1. The molecule has 4 aromatic rings. The summed E-state index contributed by atoms with van der Waals surface area (Å²) >= 11 is 8.09. The number of aryl methyl sites for hydroxylation is 1. The molecule has 156 valence electrons. The Hall–Kier alpha value is -2.77. The van der Waals surface area contributed by atoms with Crippen LogP contribution < -0.4 is 14.8 Å². The van der Waals surface area contributed by atoms with Crippen molar-refractivity contribution < 1.29 is 9.47 Å². The van der Waals surface area contributed by atoms with Crippen molar-refractivity contribution in [2.75, 3.05) is 25.6 Å². The molecular weight excluding hydrogens is 420 g/mol. The van der Waals surface area contributed by atoms with E-state index in [9.17, 15) is 0 Å². The fourth-order valence-electron chi connectivity index (χ4n) is 3.49. The molecule has 8 heteroatoms. The van der Waals surface area contributed by atoms with E-state index in [1.807, 2.05) is 36.6 Å². The van der Waals surface area contributed by atoms with E-state index in [4.69, 9.17) is 21.1 Å². The Labute approximate surface area is 184 Å². The smallest absolute Gasteiger partial charge is 0.130 e. The maximum atomic E-state index is 6.49. The fourth-order valence-corrected chi connectivity index (χ4v) is 4.55. The molecule has 6 nitrogen and oxygen atoms in total. The first-order valence-electron chi connectivity index (χ1n) is 9.70. The molecule has 1 N–H and O–H groups in total. The summed E-state index contributed by atoms with van der Waals surface area (Å²) in [6.45, 7) is 6.14. The minimum Gasteiger partial charge on any atom is -0.496 e. The zero-order valence-electron chi connectivity index (χ0n) is 17.1. The van der Waals surface area contributed by atoms with Crippen LogP contribution in [0.1, 0.15) is 12.6 Å². The zero-order chi connectivity index (χ0) is 21.1. The number of nitrogens with zero attached hydrogens (tertiary/aromatic N) is 3. The van der Waals surface area contributed by atoms with Crippen molar-refractivity contribution in [3.8, 4) is 22.1 Å². The van der Waals surface area contributed by atoms with Crippen molar-refractivity contribution >= 4 is 39.7 Å². The Balaban J connectivity index is 1.49. The fraction of sp³-hybridized carbons (Fsp3) is 0.273. The Morgan fingerprint density at radius 1 is 1.20 bits per heavy atom. The van der Waals surface area contributed by atoms with Crippen LogP contribution in [0.3, 0.4) is 0 Å². The van der Waals surface area contributed by atoms with Gasteiger partial charge >= 0.3 is 0 Å². The van der Waals surface area contributed by atoms with Crippen molar-refractivity contribution in [2.45, 2.75) is 20.4 Å². The topological polar surface area (TPSA) is 61.2 Å². The molecule has 0 saturated heterocycles. The minimum atomic E-state index is 0.649. The van der Waals surface area contributed by atoms with Crippen molar-refractivity contribution in [1.29, 1.82) is 0 Å². The number of hydrogen-bond donors (Lipinski definition) is 1. The van der Waals surface area contributed by atoms with Gasteiger partial charge in [0, 0.05) is 41.7 Å².